The number of ether oxygens (including phenoxy) is 1. The molecule has 28 heavy (non-hydrogen) atoms. The van der Waals surface area contributed by atoms with Gasteiger partial charge in [0, 0.05) is 18.8 Å². The number of sulfonamides is 1. The first kappa shape index (κ1) is 19.9. The van der Waals surface area contributed by atoms with E-state index in [1.165, 1.54) is 29.8 Å². The van der Waals surface area contributed by atoms with Gasteiger partial charge in [0.1, 0.15) is 0 Å². The summed E-state index contributed by atoms with van der Waals surface area (Å²) in [5.41, 5.74) is 2.74. The largest absolute Gasteiger partial charge is 0.449 e. The first-order chi connectivity index (χ1) is 13.2. The molecule has 8 heteroatoms. The van der Waals surface area contributed by atoms with Crippen LogP contribution in [0.1, 0.15) is 28.4 Å². The predicted octanol–water partition coefficient (Wildman–Crippen LogP) is 2.19. The molecule has 1 N–H and O–H groups in total. The summed E-state index contributed by atoms with van der Waals surface area (Å²) in [7, 11) is -3.46. The van der Waals surface area contributed by atoms with Crippen LogP contribution in [0.15, 0.2) is 48.5 Å². The van der Waals surface area contributed by atoms with Crippen molar-refractivity contribution >= 4 is 27.6 Å². The van der Waals surface area contributed by atoms with Gasteiger partial charge < -0.3 is 9.64 Å². The van der Waals surface area contributed by atoms with Gasteiger partial charge in [-0.05, 0) is 42.7 Å². The highest BCUT2D eigenvalue weighted by molar-refractivity contribution is 7.92. The Kier molecular flexibility index (Phi) is 5.69. The molecule has 0 saturated carbocycles. The molecule has 3 rings (SSSR count). The van der Waals surface area contributed by atoms with Crippen LogP contribution in [0.5, 0.6) is 0 Å². The molecule has 1 aliphatic rings. The molecule has 0 bridgehead atoms. The lowest BCUT2D eigenvalue weighted by Crippen LogP contribution is -2.42. The van der Waals surface area contributed by atoms with Crippen LogP contribution in [0.3, 0.4) is 0 Å². The standard InChI is InChI=1S/C20H22N2O5S/c1-14(19(23)22-11-10-15-6-3-4-7-17(15)13-22)27-20(24)16-8-5-9-18(12-16)21-28(2,25)26/h3-9,12,14,21H,10-11,13H2,1-2H3/t14-/m0/s1. The van der Waals surface area contributed by atoms with Gasteiger partial charge in [-0.3, -0.25) is 9.52 Å². The van der Waals surface area contributed by atoms with Gasteiger partial charge in [0.15, 0.2) is 6.10 Å². The van der Waals surface area contributed by atoms with Crippen molar-refractivity contribution < 1.29 is 22.7 Å². The first-order valence-electron chi connectivity index (χ1n) is 8.87. The third kappa shape index (κ3) is 4.89. The first-order valence-corrected chi connectivity index (χ1v) is 10.8. The lowest BCUT2D eigenvalue weighted by Gasteiger charge is -2.30. The van der Waals surface area contributed by atoms with Crippen LogP contribution in [0.4, 0.5) is 5.69 Å². The van der Waals surface area contributed by atoms with Gasteiger partial charge in [0.05, 0.1) is 11.8 Å². The minimum Gasteiger partial charge on any atom is -0.449 e. The Labute approximate surface area is 164 Å². The summed E-state index contributed by atoms with van der Waals surface area (Å²) in [5.74, 6) is -0.941. The normalized spacial score (nSPS) is 14.7. The molecule has 1 aliphatic heterocycles. The van der Waals surface area contributed by atoms with Crippen LogP contribution >= 0.6 is 0 Å². The molecule has 0 saturated heterocycles. The number of hydrogen-bond donors (Lipinski definition) is 1. The highest BCUT2D eigenvalue weighted by Gasteiger charge is 2.27. The van der Waals surface area contributed by atoms with Gasteiger partial charge in [0.25, 0.3) is 5.91 Å². The van der Waals surface area contributed by atoms with E-state index < -0.39 is 22.1 Å². The Morgan fingerprint density at radius 1 is 1.11 bits per heavy atom. The molecule has 0 radical (unpaired) electrons. The van der Waals surface area contributed by atoms with Crippen molar-refractivity contribution in [1.82, 2.24) is 4.90 Å². The van der Waals surface area contributed by atoms with Crippen LogP contribution in [0, 0.1) is 0 Å². The van der Waals surface area contributed by atoms with Gasteiger partial charge >= 0.3 is 5.97 Å². The molecule has 0 fully saturated rings. The number of carbonyl (C=O) groups excluding carboxylic acids is 2. The molecular formula is C20H22N2O5S. The number of rotatable bonds is 5. The van der Waals surface area contributed by atoms with Gasteiger partial charge in [-0.15, -0.1) is 0 Å². The van der Waals surface area contributed by atoms with Crippen LogP contribution in [-0.4, -0.2) is 44.1 Å². The average molecular weight is 402 g/mol. The number of fused-ring (bicyclic) bond motifs is 1. The highest BCUT2D eigenvalue weighted by atomic mass is 32.2. The maximum atomic E-state index is 12.7. The molecule has 7 nitrogen and oxygen atoms in total. The maximum Gasteiger partial charge on any atom is 0.338 e. The fraction of sp³-hybridized carbons (Fsp3) is 0.300. The maximum absolute atomic E-state index is 12.7. The number of anilines is 1. The molecule has 1 amide bonds. The molecule has 148 valence electrons. The highest BCUT2D eigenvalue weighted by Crippen LogP contribution is 2.20. The average Bonchev–Trinajstić information content (AvgIpc) is 2.65. The molecule has 2 aromatic carbocycles. The summed E-state index contributed by atoms with van der Waals surface area (Å²) in [5, 5.41) is 0. The zero-order valence-electron chi connectivity index (χ0n) is 15.7. The Balaban J connectivity index is 1.64. The van der Waals surface area contributed by atoms with E-state index in [-0.39, 0.29) is 17.2 Å². The van der Waals surface area contributed by atoms with Gasteiger partial charge in [0.2, 0.25) is 10.0 Å². The monoisotopic (exact) mass is 402 g/mol. The minimum atomic E-state index is -3.46. The Hall–Kier alpha value is -2.87. The molecule has 1 heterocycles. The van der Waals surface area contributed by atoms with E-state index in [0.717, 1.165) is 18.2 Å². The molecule has 0 spiro atoms. The van der Waals surface area contributed by atoms with E-state index in [4.69, 9.17) is 4.74 Å². The number of benzene rings is 2. The van der Waals surface area contributed by atoms with E-state index in [1.54, 1.807) is 11.8 Å². The quantitative estimate of drug-likeness (QED) is 0.774. The fourth-order valence-corrected chi connectivity index (χ4v) is 3.70. The zero-order chi connectivity index (χ0) is 20.3. The minimum absolute atomic E-state index is 0.164. The summed E-state index contributed by atoms with van der Waals surface area (Å²) in [6, 6.07) is 13.9. The second kappa shape index (κ2) is 8.02. The number of amides is 1. The fourth-order valence-electron chi connectivity index (χ4n) is 3.14. The van der Waals surface area contributed by atoms with Crippen molar-refractivity contribution in [2.45, 2.75) is 26.0 Å². The van der Waals surface area contributed by atoms with Crippen LogP contribution < -0.4 is 4.72 Å². The van der Waals surface area contributed by atoms with E-state index in [0.29, 0.717) is 13.1 Å². The van der Waals surface area contributed by atoms with Crippen LogP contribution in [0.25, 0.3) is 0 Å². The Morgan fingerprint density at radius 3 is 2.54 bits per heavy atom. The van der Waals surface area contributed by atoms with Crippen molar-refractivity contribution in [2.75, 3.05) is 17.5 Å². The van der Waals surface area contributed by atoms with Crippen molar-refractivity contribution in [3.8, 4) is 0 Å². The third-order valence-electron chi connectivity index (χ3n) is 4.48. The van der Waals surface area contributed by atoms with Crippen LogP contribution in [-0.2, 0) is 32.5 Å². The SMILES string of the molecule is C[C@H](OC(=O)c1cccc(NS(C)(=O)=O)c1)C(=O)N1CCc2ccccc2C1. The van der Waals surface area contributed by atoms with Gasteiger partial charge in [-0.1, -0.05) is 30.3 Å². The second-order valence-electron chi connectivity index (χ2n) is 6.78. The predicted molar refractivity (Wildman–Crippen MR) is 105 cm³/mol. The van der Waals surface area contributed by atoms with E-state index in [9.17, 15) is 18.0 Å². The van der Waals surface area contributed by atoms with Crippen molar-refractivity contribution in [2.24, 2.45) is 0 Å². The Morgan fingerprint density at radius 2 is 1.82 bits per heavy atom. The second-order valence-corrected chi connectivity index (χ2v) is 8.53. The van der Waals surface area contributed by atoms with Crippen LogP contribution in [0.2, 0.25) is 0 Å². The summed E-state index contributed by atoms with van der Waals surface area (Å²) in [6.07, 6.45) is 0.849. The molecule has 0 unspecified atom stereocenters. The molecule has 2 aromatic rings. The number of nitrogens with one attached hydrogen (secondary N) is 1. The van der Waals surface area contributed by atoms with E-state index in [1.807, 2.05) is 18.2 Å². The summed E-state index contributed by atoms with van der Waals surface area (Å²) < 4.78 is 30.3. The van der Waals surface area contributed by atoms with E-state index >= 15 is 0 Å². The number of carbonyl (C=O) groups is 2. The summed E-state index contributed by atoms with van der Waals surface area (Å²) >= 11 is 0. The van der Waals surface area contributed by atoms with Crippen molar-refractivity contribution in [1.29, 1.82) is 0 Å². The topological polar surface area (TPSA) is 92.8 Å². The van der Waals surface area contributed by atoms with Crippen molar-refractivity contribution in [3.05, 3.63) is 65.2 Å². The molecule has 0 aromatic heterocycles. The molecule has 1 atom stereocenters. The zero-order valence-corrected chi connectivity index (χ0v) is 16.5. The number of esters is 1. The number of nitrogens with zero attached hydrogens (tertiary/aromatic N) is 1. The van der Waals surface area contributed by atoms with Gasteiger partial charge in [-0.25, -0.2) is 13.2 Å². The van der Waals surface area contributed by atoms with Gasteiger partial charge in [-0.2, -0.15) is 0 Å². The molecule has 0 aliphatic carbocycles. The van der Waals surface area contributed by atoms with Crippen molar-refractivity contribution in [3.63, 3.8) is 0 Å². The number of hydrogen-bond acceptors (Lipinski definition) is 5. The summed E-state index contributed by atoms with van der Waals surface area (Å²) in [6.45, 7) is 2.61. The molecular weight excluding hydrogens is 380 g/mol. The lowest BCUT2D eigenvalue weighted by molar-refractivity contribution is -0.140. The third-order valence-corrected chi connectivity index (χ3v) is 5.08. The Bertz CT molecular complexity index is 1000. The van der Waals surface area contributed by atoms with E-state index in [2.05, 4.69) is 10.8 Å². The lowest BCUT2D eigenvalue weighted by atomic mass is 9.99. The smallest absolute Gasteiger partial charge is 0.338 e. The summed E-state index contributed by atoms with van der Waals surface area (Å²) in [4.78, 5) is 26.8.